The number of hydrogen-bond donors (Lipinski definition) is 2. The number of carbonyl (C=O) groups is 2. The van der Waals surface area contributed by atoms with Crippen LogP contribution in [0.1, 0.15) is 54.6 Å². The first-order valence-electron chi connectivity index (χ1n) is 8.37. The highest BCUT2D eigenvalue weighted by Gasteiger charge is 2.19. The standard InChI is InChI=1S/C16H24N2O5S2/c1-25(21,22)18-13-9-10-24-15(13)16(20)23-11-14(19)17-12-7-5-3-2-4-6-8-12/h9-10,12,18H,2-8,11H2,1H3,(H,17,19). The number of amides is 1. The van der Waals surface area contributed by atoms with Crippen LogP contribution in [-0.2, 0) is 19.6 Å². The van der Waals surface area contributed by atoms with E-state index < -0.39 is 16.0 Å². The molecule has 1 heterocycles. The van der Waals surface area contributed by atoms with Gasteiger partial charge in [-0.3, -0.25) is 9.52 Å². The molecule has 1 saturated carbocycles. The van der Waals surface area contributed by atoms with E-state index in [0.717, 1.165) is 43.3 Å². The summed E-state index contributed by atoms with van der Waals surface area (Å²) in [5.41, 5.74) is 0.165. The zero-order valence-electron chi connectivity index (χ0n) is 14.2. The number of sulfonamides is 1. The van der Waals surface area contributed by atoms with Crippen LogP contribution < -0.4 is 10.0 Å². The third-order valence-electron chi connectivity index (χ3n) is 3.95. The Bertz CT molecular complexity index is 691. The maximum absolute atomic E-state index is 12.1. The molecule has 0 spiro atoms. The number of rotatable bonds is 6. The Balaban J connectivity index is 1.83. The Labute approximate surface area is 152 Å². The highest BCUT2D eigenvalue weighted by Crippen LogP contribution is 2.24. The van der Waals surface area contributed by atoms with Crippen molar-refractivity contribution in [2.45, 2.75) is 51.0 Å². The van der Waals surface area contributed by atoms with Gasteiger partial charge in [-0.05, 0) is 24.3 Å². The molecule has 140 valence electrons. The smallest absolute Gasteiger partial charge is 0.350 e. The van der Waals surface area contributed by atoms with Gasteiger partial charge in [0.05, 0.1) is 11.9 Å². The van der Waals surface area contributed by atoms with E-state index >= 15 is 0 Å². The van der Waals surface area contributed by atoms with Crippen LogP contribution in [0.15, 0.2) is 11.4 Å². The minimum absolute atomic E-state index is 0.129. The molecule has 0 saturated heterocycles. The highest BCUT2D eigenvalue weighted by atomic mass is 32.2. The molecule has 0 bridgehead atoms. The van der Waals surface area contributed by atoms with E-state index in [4.69, 9.17) is 4.74 Å². The molecule has 2 N–H and O–H groups in total. The van der Waals surface area contributed by atoms with E-state index in [-0.39, 0.29) is 29.1 Å². The molecule has 9 heteroatoms. The number of hydrogen-bond acceptors (Lipinski definition) is 6. The van der Waals surface area contributed by atoms with Gasteiger partial charge in [-0.25, -0.2) is 13.2 Å². The van der Waals surface area contributed by atoms with Crippen LogP contribution >= 0.6 is 11.3 Å². The van der Waals surface area contributed by atoms with E-state index in [1.165, 1.54) is 25.3 Å². The van der Waals surface area contributed by atoms with Crippen LogP contribution in [-0.4, -0.2) is 39.2 Å². The normalized spacial score (nSPS) is 16.5. The van der Waals surface area contributed by atoms with Crippen LogP contribution in [0.4, 0.5) is 5.69 Å². The van der Waals surface area contributed by atoms with Crippen LogP contribution in [0.25, 0.3) is 0 Å². The fourth-order valence-electron chi connectivity index (χ4n) is 2.81. The van der Waals surface area contributed by atoms with Crippen molar-refractivity contribution in [2.24, 2.45) is 0 Å². The van der Waals surface area contributed by atoms with E-state index in [0.29, 0.717) is 0 Å². The fourth-order valence-corrected chi connectivity index (χ4v) is 4.19. The van der Waals surface area contributed by atoms with Gasteiger partial charge in [-0.2, -0.15) is 0 Å². The van der Waals surface area contributed by atoms with Gasteiger partial charge in [0.2, 0.25) is 10.0 Å². The van der Waals surface area contributed by atoms with Crippen molar-refractivity contribution in [3.8, 4) is 0 Å². The first kappa shape index (κ1) is 19.7. The monoisotopic (exact) mass is 388 g/mol. The quantitative estimate of drug-likeness (QED) is 0.729. The maximum Gasteiger partial charge on any atom is 0.350 e. The summed E-state index contributed by atoms with van der Waals surface area (Å²) < 4.78 is 29.9. The van der Waals surface area contributed by atoms with Gasteiger partial charge < -0.3 is 10.1 Å². The molecule has 7 nitrogen and oxygen atoms in total. The summed E-state index contributed by atoms with van der Waals surface area (Å²) in [5.74, 6) is -1.04. The third kappa shape index (κ3) is 7.03. The van der Waals surface area contributed by atoms with Crippen LogP contribution in [0, 0.1) is 0 Å². The first-order valence-corrected chi connectivity index (χ1v) is 11.1. The molecule has 0 unspecified atom stereocenters. The number of esters is 1. The molecular weight excluding hydrogens is 364 g/mol. The van der Waals surface area contributed by atoms with Crippen molar-refractivity contribution in [2.75, 3.05) is 17.6 Å². The molecule has 0 atom stereocenters. The van der Waals surface area contributed by atoms with E-state index in [1.807, 2.05) is 0 Å². The Morgan fingerprint density at radius 2 is 1.84 bits per heavy atom. The molecule has 0 aliphatic heterocycles. The van der Waals surface area contributed by atoms with Crippen molar-refractivity contribution in [1.82, 2.24) is 5.32 Å². The van der Waals surface area contributed by atoms with Gasteiger partial charge in [-0.1, -0.05) is 32.1 Å². The molecule has 25 heavy (non-hydrogen) atoms. The fraction of sp³-hybridized carbons (Fsp3) is 0.625. The second-order valence-electron chi connectivity index (χ2n) is 6.22. The zero-order valence-corrected chi connectivity index (χ0v) is 15.9. The van der Waals surface area contributed by atoms with Crippen molar-refractivity contribution >= 4 is 38.9 Å². The predicted molar refractivity (Wildman–Crippen MR) is 97.3 cm³/mol. The Kier molecular flexibility index (Phi) is 7.24. The molecule has 2 rings (SSSR count). The number of carbonyl (C=O) groups excluding carboxylic acids is 2. The van der Waals surface area contributed by atoms with E-state index in [2.05, 4.69) is 10.0 Å². The lowest BCUT2D eigenvalue weighted by atomic mass is 9.97. The van der Waals surface area contributed by atoms with Gasteiger partial charge >= 0.3 is 5.97 Å². The predicted octanol–water partition coefficient (Wildman–Crippen LogP) is 2.51. The Hall–Kier alpha value is -1.61. The van der Waals surface area contributed by atoms with Gasteiger partial charge in [0.15, 0.2) is 6.61 Å². The number of thiophene rings is 1. The van der Waals surface area contributed by atoms with Crippen molar-refractivity contribution < 1.29 is 22.7 Å². The lowest BCUT2D eigenvalue weighted by Crippen LogP contribution is -2.38. The molecule has 1 aromatic rings. The minimum atomic E-state index is -3.49. The van der Waals surface area contributed by atoms with E-state index in [1.54, 1.807) is 5.38 Å². The third-order valence-corrected chi connectivity index (χ3v) is 5.44. The number of ether oxygens (including phenoxy) is 1. The van der Waals surface area contributed by atoms with Crippen molar-refractivity contribution in [1.29, 1.82) is 0 Å². The largest absolute Gasteiger partial charge is 0.451 e. The molecule has 1 aliphatic carbocycles. The topological polar surface area (TPSA) is 102 Å². The summed E-state index contributed by atoms with van der Waals surface area (Å²) in [6.07, 6.45) is 8.73. The van der Waals surface area contributed by atoms with Crippen molar-refractivity contribution in [3.05, 3.63) is 16.3 Å². The van der Waals surface area contributed by atoms with E-state index in [9.17, 15) is 18.0 Å². The molecule has 0 radical (unpaired) electrons. The number of anilines is 1. The van der Waals surface area contributed by atoms with Gasteiger partial charge in [0.1, 0.15) is 4.88 Å². The first-order chi connectivity index (χ1) is 11.8. The van der Waals surface area contributed by atoms with Gasteiger partial charge in [0.25, 0.3) is 5.91 Å². The minimum Gasteiger partial charge on any atom is -0.451 e. The second-order valence-corrected chi connectivity index (χ2v) is 8.89. The van der Waals surface area contributed by atoms with Gasteiger partial charge in [0, 0.05) is 6.04 Å². The zero-order chi connectivity index (χ0) is 18.3. The average molecular weight is 389 g/mol. The lowest BCUT2D eigenvalue weighted by molar-refractivity contribution is -0.125. The highest BCUT2D eigenvalue weighted by molar-refractivity contribution is 7.92. The molecule has 1 fully saturated rings. The number of nitrogens with one attached hydrogen (secondary N) is 2. The van der Waals surface area contributed by atoms with Crippen LogP contribution in [0.3, 0.4) is 0 Å². The average Bonchev–Trinajstić information content (AvgIpc) is 2.93. The van der Waals surface area contributed by atoms with Crippen LogP contribution in [0.2, 0.25) is 0 Å². The summed E-state index contributed by atoms with van der Waals surface area (Å²) in [6.45, 7) is -0.369. The molecule has 1 aromatic heterocycles. The lowest BCUT2D eigenvalue weighted by Gasteiger charge is -2.20. The molecule has 0 aromatic carbocycles. The maximum atomic E-state index is 12.1. The SMILES string of the molecule is CS(=O)(=O)Nc1ccsc1C(=O)OCC(=O)NC1CCCCCCC1. The molecule has 1 aliphatic rings. The van der Waals surface area contributed by atoms with Crippen LogP contribution in [0.5, 0.6) is 0 Å². The Morgan fingerprint density at radius 3 is 2.48 bits per heavy atom. The summed E-state index contributed by atoms with van der Waals surface area (Å²) in [4.78, 5) is 24.2. The summed E-state index contributed by atoms with van der Waals surface area (Å²) in [5, 5.41) is 4.50. The summed E-state index contributed by atoms with van der Waals surface area (Å²) >= 11 is 1.06. The van der Waals surface area contributed by atoms with Crippen molar-refractivity contribution in [3.63, 3.8) is 0 Å². The Morgan fingerprint density at radius 1 is 1.20 bits per heavy atom. The molecule has 1 amide bonds. The summed E-state index contributed by atoms with van der Waals surface area (Å²) in [6, 6.07) is 1.62. The second kappa shape index (κ2) is 9.19. The summed E-state index contributed by atoms with van der Waals surface area (Å²) in [7, 11) is -3.49. The molecular formula is C16H24N2O5S2. The van der Waals surface area contributed by atoms with Gasteiger partial charge in [-0.15, -0.1) is 11.3 Å².